The molecule has 2 rings (SSSR count). The highest BCUT2D eigenvalue weighted by atomic mass is 16.6. The average Bonchev–Trinajstić information content (AvgIpc) is 3.30. The Balaban J connectivity index is 0.000000816. The molecule has 0 bridgehead atoms. The zero-order chi connectivity index (χ0) is 54.9. The van der Waals surface area contributed by atoms with Gasteiger partial charge in [0.25, 0.3) is 0 Å². The molecule has 398 valence electrons. The van der Waals surface area contributed by atoms with Crippen molar-refractivity contribution in [1.82, 2.24) is 0 Å². The van der Waals surface area contributed by atoms with Crippen molar-refractivity contribution in [2.24, 2.45) is 10.8 Å². The van der Waals surface area contributed by atoms with Gasteiger partial charge in [0.15, 0.2) is 23.8 Å². The Kier molecular flexibility index (Phi) is 28.4. The van der Waals surface area contributed by atoms with Gasteiger partial charge in [-0.05, 0) is 94.9 Å². The molecule has 0 amide bonds. The Morgan fingerprint density at radius 3 is 1.47 bits per heavy atom. The van der Waals surface area contributed by atoms with Crippen LogP contribution in [0.25, 0.3) is 0 Å². The summed E-state index contributed by atoms with van der Waals surface area (Å²) in [6.45, 7) is 23.6. The van der Waals surface area contributed by atoms with Crippen LogP contribution in [-0.4, -0.2) is 111 Å². The molecule has 0 saturated heterocycles. The third-order valence-electron chi connectivity index (χ3n) is 11.9. The Labute approximate surface area is 427 Å². The Morgan fingerprint density at radius 2 is 1.01 bits per heavy atom. The van der Waals surface area contributed by atoms with Crippen LogP contribution in [0.2, 0.25) is 0 Å². The summed E-state index contributed by atoms with van der Waals surface area (Å²) < 4.78 is 15.6. The zero-order valence-electron chi connectivity index (χ0n) is 44.8. The van der Waals surface area contributed by atoms with Gasteiger partial charge in [-0.15, -0.1) is 0 Å². The van der Waals surface area contributed by atoms with E-state index in [9.17, 15) is 49.2 Å². The summed E-state index contributed by atoms with van der Waals surface area (Å²) in [6.07, 6.45) is 20.1. The van der Waals surface area contributed by atoms with E-state index in [-0.39, 0.29) is 48.4 Å². The molecule has 0 spiro atoms. The number of rotatable bonds is 24. The number of carbonyl (C=O) groups excluding carboxylic acids is 6. The number of carbonyl (C=O) groups is 6. The SMILES string of the molecule is CC(C)=C/C=C/C=C(C)/C=C/C=C(C)/C=C/C1=C(C)C(=O)C(OC(=O)CCC(=O)OCC(O)C(O)C(O)C(O)CO)CC1(C)C.CC/C=C/C=C(C)/C=C/C1=C(C)C(=O)C(OC(=O)CCC(C)=O)CC1(C)C. The predicted molar refractivity (Wildman–Crippen MR) is 280 cm³/mol. The van der Waals surface area contributed by atoms with Gasteiger partial charge in [0, 0.05) is 19.3 Å². The Morgan fingerprint density at radius 1 is 0.597 bits per heavy atom. The van der Waals surface area contributed by atoms with Gasteiger partial charge < -0.3 is 44.5 Å². The minimum Gasteiger partial charge on any atom is -0.463 e. The second-order valence-electron chi connectivity index (χ2n) is 19.8. The van der Waals surface area contributed by atoms with E-state index in [1.807, 2.05) is 127 Å². The first-order chi connectivity index (χ1) is 33.6. The summed E-state index contributed by atoms with van der Waals surface area (Å²) in [4.78, 5) is 73.2. The van der Waals surface area contributed by atoms with Crippen LogP contribution in [0.4, 0.5) is 0 Å². The first kappa shape index (κ1) is 64.4. The summed E-state index contributed by atoms with van der Waals surface area (Å²) >= 11 is 0. The molecule has 0 aromatic heterocycles. The molecular formula is C58H82O14. The van der Waals surface area contributed by atoms with Crippen molar-refractivity contribution < 1.29 is 68.5 Å². The molecule has 0 heterocycles. The van der Waals surface area contributed by atoms with E-state index < -0.39 is 79.6 Å². The van der Waals surface area contributed by atoms with Crippen molar-refractivity contribution in [3.63, 3.8) is 0 Å². The molecule has 0 aliphatic heterocycles. The van der Waals surface area contributed by atoms with Gasteiger partial charge in [-0.25, -0.2) is 0 Å². The van der Waals surface area contributed by atoms with Crippen LogP contribution in [-0.2, 0) is 43.0 Å². The molecule has 0 radical (unpaired) electrons. The first-order valence-electron chi connectivity index (χ1n) is 24.5. The number of hydrogen-bond donors (Lipinski definition) is 5. The second kappa shape index (κ2) is 31.7. The lowest BCUT2D eigenvalue weighted by molar-refractivity contribution is -0.161. The van der Waals surface area contributed by atoms with Gasteiger partial charge in [-0.3, -0.25) is 24.0 Å². The highest BCUT2D eigenvalue weighted by molar-refractivity contribution is 6.02. The number of aliphatic hydroxyl groups excluding tert-OH is 5. The fourth-order valence-electron chi connectivity index (χ4n) is 7.58. The highest BCUT2D eigenvalue weighted by Gasteiger charge is 2.41. The second-order valence-corrected chi connectivity index (χ2v) is 19.8. The third-order valence-corrected chi connectivity index (χ3v) is 11.9. The first-order valence-corrected chi connectivity index (χ1v) is 24.5. The average molecular weight is 1000 g/mol. The summed E-state index contributed by atoms with van der Waals surface area (Å²) in [5, 5.41) is 47.4. The third kappa shape index (κ3) is 23.3. The maximum absolute atomic E-state index is 13.1. The number of ether oxygens (including phenoxy) is 3. The lowest BCUT2D eigenvalue weighted by Crippen LogP contribution is -2.47. The van der Waals surface area contributed by atoms with E-state index in [0.717, 1.165) is 34.3 Å². The number of hydrogen-bond acceptors (Lipinski definition) is 14. The molecule has 2 aliphatic rings. The van der Waals surface area contributed by atoms with Crippen molar-refractivity contribution in [1.29, 1.82) is 0 Å². The molecule has 14 nitrogen and oxygen atoms in total. The lowest BCUT2D eigenvalue weighted by Gasteiger charge is -2.36. The molecule has 5 N–H and O–H groups in total. The predicted octanol–water partition coefficient (Wildman–Crippen LogP) is 8.55. The smallest absolute Gasteiger partial charge is 0.307 e. The maximum atomic E-state index is 13.1. The molecule has 6 atom stereocenters. The summed E-state index contributed by atoms with van der Waals surface area (Å²) in [5.41, 5.74) is 6.59. The number of allylic oxidation sites excluding steroid dienone is 20. The van der Waals surface area contributed by atoms with E-state index in [4.69, 9.17) is 19.3 Å². The topological polar surface area (TPSA) is 231 Å². The molecule has 14 heteroatoms. The normalized spacial score (nSPS) is 20.5. The van der Waals surface area contributed by atoms with E-state index in [0.29, 0.717) is 17.6 Å². The van der Waals surface area contributed by atoms with Crippen LogP contribution in [0.5, 0.6) is 0 Å². The molecule has 0 saturated carbocycles. The summed E-state index contributed by atoms with van der Waals surface area (Å²) in [6, 6.07) is 0. The molecule has 2 aliphatic carbocycles. The standard InChI is InChI=1S/C35H50O10.C23H32O4/c1-22(2)11-8-9-12-23(3)13-10-14-24(4)15-16-26-25(5)32(41)29(19-35(26,6)7)45-31(40)18-17-30(39)44-21-28(38)34(43)33(42)27(37)20-36;1-7-8-9-10-16(2)11-13-19-18(4)22(26)20(15-23(19,5)6)27-21(25)14-12-17(3)24/h8-16,27-29,33-34,36-38,42-43H,17-21H2,1-7H3;8-11,13,20H,7,12,14-15H2,1-6H3/b9-8+,13-10+,16-15+,23-12+,24-14+;9-8+,13-11+,16-10+. The molecule has 0 aromatic rings. The van der Waals surface area contributed by atoms with Crippen molar-refractivity contribution in [2.45, 2.75) is 172 Å². The monoisotopic (exact) mass is 1000 g/mol. The molecule has 0 aromatic carbocycles. The van der Waals surface area contributed by atoms with E-state index >= 15 is 0 Å². The van der Waals surface area contributed by atoms with Crippen LogP contribution in [0.15, 0.2) is 130 Å². The van der Waals surface area contributed by atoms with Gasteiger partial charge in [-0.1, -0.05) is 142 Å². The molecular weight excluding hydrogens is 921 g/mol. The van der Waals surface area contributed by atoms with Gasteiger partial charge >= 0.3 is 17.9 Å². The van der Waals surface area contributed by atoms with Gasteiger partial charge in [0.2, 0.25) is 0 Å². The van der Waals surface area contributed by atoms with Crippen molar-refractivity contribution >= 4 is 35.3 Å². The number of aliphatic hydroxyl groups is 5. The largest absolute Gasteiger partial charge is 0.463 e. The van der Waals surface area contributed by atoms with Crippen LogP contribution in [0.1, 0.15) is 135 Å². The Hall–Kier alpha value is -5.64. The molecule has 72 heavy (non-hydrogen) atoms. The van der Waals surface area contributed by atoms with Crippen LogP contribution < -0.4 is 0 Å². The minimum absolute atomic E-state index is 0.0182. The van der Waals surface area contributed by atoms with Gasteiger partial charge in [-0.2, -0.15) is 0 Å². The van der Waals surface area contributed by atoms with E-state index in [1.165, 1.54) is 12.5 Å². The maximum Gasteiger partial charge on any atom is 0.307 e. The van der Waals surface area contributed by atoms with Crippen molar-refractivity contribution in [3.8, 4) is 0 Å². The molecule has 0 fully saturated rings. The highest BCUT2D eigenvalue weighted by Crippen LogP contribution is 2.42. The van der Waals surface area contributed by atoms with E-state index in [2.05, 4.69) is 26.8 Å². The van der Waals surface area contributed by atoms with Crippen LogP contribution in [0.3, 0.4) is 0 Å². The summed E-state index contributed by atoms with van der Waals surface area (Å²) in [7, 11) is 0. The zero-order valence-corrected chi connectivity index (χ0v) is 44.8. The Bertz CT molecular complexity index is 2250. The number of ketones is 3. The van der Waals surface area contributed by atoms with E-state index in [1.54, 1.807) is 13.8 Å². The number of Topliss-reactive ketones (excluding diaryl/α,β-unsaturated/α-hetero) is 3. The van der Waals surface area contributed by atoms with Crippen LogP contribution in [0, 0.1) is 10.8 Å². The molecule has 6 unspecified atom stereocenters. The van der Waals surface area contributed by atoms with Gasteiger partial charge in [0.05, 0.1) is 25.9 Å². The van der Waals surface area contributed by atoms with Crippen LogP contribution >= 0.6 is 0 Å². The van der Waals surface area contributed by atoms with Gasteiger partial charge in [0.1, 0.15) is 36.8 Å². The quantitative estimate of drug-likeness (QED) is 0.0347. The number of esters is 3. The van der Waals surface area contributed by atoms with Crippen molar-refractivity contribution in [2.75, 3.05) is 13.2 Å². The fourth-order valence-corrected chi connectivity index (χ4v) is 7.58. The fraction of sp³-hybridized carbons (Fsp3) is 0.517. The minimum atomic E-state index is -1.88. The lowest BCUT2D eigenvalue weighted by atomic mass is 9.71. The summed E-state index contributed by atoms with van der Waals surface area (Å²) in [5.74, 6) is -2.67. The van der Waals surface area contributed by atoms with Crippen molar-refractivity contribution in [3.05, 3.63) is 130 Å².